The van der Waals surface area contributed by atoms with Crippen LogP contribution in [0, 0.1) is 11.6 Å². The van der Waals surface area contributed by atoms with Crippen molar-refractivity contribution in [3.8, 4) is 5.75 Å². The van der Waals surface area contributed by atoms with Crippen LogP contribution in [0.4, 0.5) is 20.2 Å². The van der Waals surface area contributed by atoms with Gasteiger partial charge in [-0.15, -0.1) is 0 Å². The third kappa shape index (κ3) is 3.55. The molecule has 2 aromatic carbocycles. The highest BCUT2D eigenvalue weighted by Crippen LogP contribution is 2.31. The number of methoxy groups -OCH3 is 1. The van der Waals surface area contributed by atoms with E-state index in [1.807, 2.05) is 29.2 Å². The highest BCUT2D eigenvalue weighted by atomic mass is 19.1. The molecule has 0 radical (unpaired) electrons. The Bertz CT molecular complexity index is 945. The molecule has 0 spiro atoms. The van der Waals surface area contributed by atoms with Gasteiger partial charge < -0.3 is 9.64 Å². The zero-order valence-electron chi connectivity index (χ0n) is 16.0. The number of amides is 2. The number of halogens is 2. The molecule has 0 saturated carbocycles. The van der Waals surface area contributed by atoms with E-state index in [-0.39, 0.29) is 12.1 Å². The number of hydrogen-bond acceptors (Lipinski definition) is 5. The van der Waals surface area contributed by atoms with Crippen molar-refractivity contribution in [2.75, 3.05) is 43.1 Å². The van der Waals surface area contributed by atoms with E-state index in [0.29, 0.717) is 32.2 Å². The number of rotatable bonds is 4. The van der Waals surface area contributed by atoms with E-state index in [0.717, 1.165) is 28.5 Å². The monoisotopic (exact) mass is 401 g/mol. The quantitative estimate of drug-likeness (QED) is 0.737. The van der Waals surface area contributed by atoms with Crippen LogP contribution in [0.25, 0.3) is 0 Å². The summed E-state index contributed by atoms with van der Waals surface area (Å²) in [6.45, 7) is 2.51. The van der Waals surface area contributed by atoms with E-state index in [4.69, 9.17) is 4.74 Å². The van der Waals surface area contributed by atoms with E-state index >= 15 is 0 Å². The van der Waals surface area contributed by atoms with E-state index in [1.54, 1.807) is 7.11 Å². The summed E-state index contributed by atoms with van der Waals surface area (Å²) in [4.78, 5) is 30.3. The fraction of sp³-hybridized carbons (Fsp3) is 0.333. The molecule has 2 fully saturated rings. The van der Waals surface area contributed by atoms with Crippen LogP contribution in [0.15, 0.2) is 42.5 Å². The number of nitrogens with zero attached hydrogens (tertiary/aromatic N) is 3. The topological polar surface area (TPSA) is 53.1 Å². The standard InChI is InChI=1S/C21H21F2N3O3/c1-29-19-5-3-2-4-17(19)24-8-10-25(11-9-24)18-13-20(27)26(21(18)28)16-7-6-14(22)12-15(16)23/h2-7,12,18H,8-11,13H2,1H3/t18-/m0/s1. The molecule has 0 aliphatic carbocycles. The Morgan fingerprint density at radius 2 is 1.69 bits per heavy atom. The van der Waals surface area contributed by atoms with Crippen LogP contribution in [0.2, 0.25) is 0 Å². The largest absolute Gasteiger partial charge is 0.495 e. The molecule has 2 aliphatic heterocycles. The lowest BCUT2D eigenvalue weighted by Crippen LogP contribution is -2.52. The molecule has 152 valence electrons. The molecule has 4 rings (SSSR count). The summed E-state index contributed by atoms with van der Waals surface area (Å²) in [5.74, 6) is -1.84. The summed E-state index contributed by atoms with van der Waals surface area (Å²) in [5, 5.41) is 0. The fourth-order valence-electron chi connectivity index (χ4n) is 3.98. The van der Waals surface area contributed by atoms with Gasteiger partial charge >= 0.3 is 0 Å². The van der Waals surface area contributed by atoms with Gasteiger partial charge in [0.15, 0.2) is 0 Å². The molecule has 0 N–H and O–H groups in total. The number of anilines is 2. The molecule has 0 aromatic heterocycles. The number of ether oxygens (including phenoxy) is 1. The maximum Gasteiger partial charge on any atom is 0.251 e. The van der Waals surface area contributed by atoms with Gasteiger partial charge in [0.05, 0.1) is 30.9 Å². The van der Waals surface area contributed by atoms with Gasteiger partial charge in [-0.1, -0.05) is 12.1 Å². The van der Waals surface area contributed by atoms with Crippen LogP contribution in [0.3, 0.4) is 0 Å². The molecule has 6 nitrogen and oxygen atoms in total. The molecular weight excluding hydrogens is 380 g/mol. The molecule has 2 saturated heterocycles. The summed E-state index contributed by atoms with van der Waals surface area (Å²) < 4.78 is 32.7. The second kappa shape index (κ2) is 7.79. The van der Waals surface area contributed by atoms with Gasteiger partial charge in [-0.2, -0.15) is 0 Å². The Labute approximate surface area is 167 Å². The van der Waals surface area contributed by atoms with Crippen molar-refractivity contribution < 1.29 is 23.1 Å². The lowest BCUT2D eigenvalue weighted by Gasteiger charge is -2.38. The van der Waals surface area contributed by atoms with Crippen molar-refractivity contribution in [3.63, 3.8) is 0 Å². The summed E-state index contributed by atoms with van der Waals surface area (Å²) >= 11 is 0. The average molecular weight is 401 g/mol. The Morgan fingerprint density at radius 1 is 0.966 bits per heavy atom. The van der Waals surface area contributed by atoms with Crippen molar-refractivity contribution in [1.29, 1.82) is 0 Å². The summed E-state index contributed by atoms with van der Waals surface area (Å²) in [6.07, 6.45) is -0.00962. The number of para-hydroxylation sites is 2. The van der Waals surface area contributed by atoms with Crippen molar-refractivity contribution in [2.24, 2.45) is 0 Å². The van der Waals surface area contributed by atoms with Gasteiger partial charge in [-0.05, 0) is 24.3 Å². The minimum atomic E-state index is -0.923. The van der Waals surface area contributed by atoms with Crippen LogP contribution in [-0.2, 0) is 9.59 Å². The Balaban J connectivity index is 1.47. The fourth-order valence-corrected chi connectivity index (χ4v) is 3.98. The maximum atomic E-state index is 14.1. The van der Waals surface area contributed by atoms with Crippen LogP contribution in [0.5, 0.6) is 5.75 Å². The molecule has 1 atom stereocenters. The first kappa shape index (κ1) is 19.3. The zero-order chi connectivity index (χ0) is 20.5. The zero-order valence-corrected chi connectivity index (χ0v) is 16.0. The first-order valence-electron chi connectivity index (χ1n) is 9.43. The van der Waals surface area contributed by atoms with Gasteiger partial charge in [0, 0.05) is 32.2 Å². The second-order valence-electron chi connectivity index (χ2n) is 7.08. The second-order valence-corrected chi connectivity index (χ2v) is 7.08. The summed E-state index contributed by atoms with van der Waals surface area (Å²) in [6, 6.07) is 9.94. The van der Waals surface area contributed by atoms with E-state index < -0.39 is 29.5 Å². The van der Waals surface area contributed by atoms with Crippen molar-refractivity contribution in [3.05, 3.63) is 54.1 Å². The number of hydrogen-bond donors (Lipinski definition) is 0. The van der Waals surface area contributed by atoms with Crippen molar-refractivity contribution >= 4 is 23.2 Å². The maximum absolute atomic E-state index is 14.1. The third-order valence-corrected chi connectivity index (χ3v) is 5.45. The molecule has 8 heteroatoms. The van der Waals surface area contributed by atoms with Crippen molar-refractivity contribution in [1.82, 2.24) is 4.90 Å². The van der Waals surface area contributed by atoms with Gasteiger partial charge in [-0.25, -0.2) is 13.7 Å². The third-order valence-electron chi connectivity index (χ3n) is 5.45. The molecule has 0 bridgehead atoms. The SMILES string of the molecule is COc1ccccc1N1CCN([C@H]2CC(=O)N(c3ccc(F)cc3F)C2=O)CC1. The first-order chi connectivity index (χ1) is 14.0. The predicted octanol–water partition coefficient (Wildman–Crippen LogP) is 2.43. The number of carbonyl (C=O) groups excluding carboxylic acids is 2. The Hall–Kier alpha value is -3.00. The van der Waals surface area contributed by atoms with Crippen molar-refractivity contribution in [2.45, 2.75) is 12.5 Å². The highest BCUT2D eigenvalue weighted by molar-refractivity contribution is 6.22. The molecular formula is C21H21F2N3O3. The highest BCUT2D eigenvalue weighted by Gasteiger charge is 2.44. The number of imide groups is 1. The summed E-state index contributed by atoms with van der Waals surface area (Å²) in [5.41, 5.74) is 0.787. The summed E-state index contributed by atoms with van der Waals surface area (Å²) in [7, 11) is 1.63. The van der Waals surface area contributed by atoms with Crippen LogP contribution in [-0.4, -0.2) is 56.0 Å². The number of benzene rings is 2. The molecule has 2 aromatic rings. The smallest absolute Gasteiger partial charge is 0.251 e. The Morgan fingerprint density at radius 3 is 2.38 bits per heavy atom. The van der Waals surface area contributed by atoms with Crippen LogP contribution < -0.4 is 14.5 Å². The predicted molar refractivity (Wildman–Crippen MR) is 104 cm³/mol. The van der Waals surface area contributed by atoms with E-state index in [9.17, 15) is 18.4 Å². The van der Waals surface area contributed by atoms with Gasteiger partial charge in [0.25, 0.3) is 5.91 Å². The van der Waals surface area contributed by atoms with Crippen LogP contribution in [0.1, 0.15) is 6.42 Å². The molecule has 0 unspecified atom stereocenters. The molecule has 2 aliphatic rings. The molecule has 2 heterocycles. The minimum Gasteiger partial charge on any atom is -0.495 e. The average Bonchev–Trinajstić information content (AvgIpc) is 3.02. The normalized spacial score (nSPS) is 20.4. The number of carbonyl (C=O) groups is 2. The lowest BCUT2D eigenvalue weighted by atomic mass is 10.1. The van der Waals surface area contributed by atoms with E-state index in [2.05, 4.69) is 4.90 Å². The number of piperazine rings is 1. The first-order valence-corrected chi connectivity index (χ1v) is 9.43. The molecule has 2 amide bonds. The van der Waals surface area contributed by atoms with Gasteiger partial charge in [0.2, 0.25) is 5.91 Å². The van der Waals surface area contributed by atoms with Crippen LogP contribution >= 0.6 is 0 Å². The molecule has 29 heavy (non-hydrogen) atoms. The van der Waals surface area contributed by atoms with E-state index in [1.165, 1.54) is 0 Å². The minimum absolute atomic E-state index is 0.00962. The van der Waals surface area contributed by atoms with Gasteiger partial charge in [0.1, 0.15) is 17.4 Å². The Kier molecular flexibility index (Phi) is 5.19. The lowest BCUT2D eigenvalue weighted by molar-refractivity contribution is -0.123. The van der Waals surface area contributed by atoms with Gasteiger partial charge in [-0.3, -0.25) is 14.5 Å².